The van der Waals surface area contributed by atoms with E-state index in [0.29, 0.717) is 22.4 Å². The first-order valence-corrected chi connectivity index (χ1v) is 9.97. The number of Topliss-reactive ketones (excluding diaryl/α,β-unsaturated/α-hetero) is 1. The Balaban J connectivity index is 2.47. The van der Waals surface area contributed by atoms with Crippen LogP contribution in [0, 0.1) is 0 Å². The van der Waals surface area contributed by atoms with Crippen LogP contribution < -0.4 is 0 Å². The van der Waals surface area contributed by atoms with Gasteiger partial charge in [-0.2, -0.15) is 13.2 Å². The highest BCUT2D eigenvalue weighted by Crippen LogP contribution is 2.31. The number of rotatable bonds is 9. The molecule has 0 amide bonds. The molecular formula is C22H23F3OS. The summed E-state index contributed by atoms with van der Waals surface area (Å²) < 4.78 is 39.3. The number of carbonyl (C=O) groups is 1. The lowest BCUT2D eigenvalue weighted by atomic mass is 9.98. The number of alkyl halides is 3. The number of carbonyl (C=O) groups excluding carboxylic acids is 1. The van der Waals surface area contributed by atoms with Gasteiger partial charge in [0.2, 0.25) is 5.78 Å². The van der Waals surface area contributed by atoms with E-state index in [9.17, 15) is 18.0 Å². The van der Waals surface area contributed by atoms with Gasteiger partial charge >= 0.3 is 6.18 Å². The fourth-order valence-corrected chi connectivity index (χ4v) is 3.45. The van der Waals surface area contributed by atoms with E-state index in [1.54, 1.807) is 47.8 Å². The van der Waals surface area contributed by atoms with E-state index in [0.717, 1.165) is 25.7 Å². The smallest absolute Gasteiger partial charge is 0.287 e. The van der Waals surface area contributed by atoms with Gasteiger partial charge in [-0.15, -0.1) is 17.1 Å². The molecule has 27 heavy (non-hydrogen) atoms. The third-order valence-corrected chi connectivity index (χ3v) is 4.97. The maximum Gasteiger partial charge on any atom is 0.393 e. The summed E-state index contributed by atoms with van der Waals surface area (Å²) in [5.74, 6) is -0.225. The number of hydrogen-bond acceptors (Lipinski definition) is 2. The molecule has 0 aliphatic heterocycles. The molecule has 0 aliphatic rings. The fourth-order valence-electron chi connectivity index (χ4n) is 2.76. The van der Waals surface area contributed by atoms with Crippen LogP contribution in [0.4, 0.5) is 13.2 Å². The van der Waals surface area contributed by atoms with Gasteiger partial charge in [0.25, 0.3) is 0 Å². The summed E-state index contributed by atoms with van der Waals surface area (Å²) in [6, 6.07) is 11.8. The second kappa shape index (κ2) is 10.3. The number of hydrogen-bond donors (Lipinski definition) is 0. The summed E-state index contributed by atoms with van der Waals surface area (Å²) in [7, 11) is 0. The number of halogens is 3. The minimum atomic E-state index is -4.36. The van der Waals surface area contributed by atoms with Crippen molar-refractivity contribution in [1.82, 2.24) is 0 Å². The van der Waals surface area contributed by atoms with Crippen LogP contribution in [0.1, 0.15) is 60.7 Å². The predicted molar refractivity (Wildman–Crippen MR) is 105 cm³/mol. The van der Waals surface area contributed by atoms with E-state index >= 15 is 0 Å². The predicted octanol–water partition coefficient (Wildman–Crippen LogP) is 7.46. The molecule has 5 heteroatoms. The van der Waals surface area contributed by atoms with Crippen LogP contribution in [0.5, 0.6) is 0 Å². The minimum Gasteiger partial charge on any atom is -0.287 e. The first-order valence-electron chi connectivity index (χ1n) is 9.09. The van der Waals surface area contributed by atoms with Crippen LogP contribution in [0.15, 0.2) is 59.1 Å². The van der Waals surface area contributed by atoms with Crippen molar-refractivity contribution in [2.24, 2.45) is 0 Å². The molecule has 1 nitrogen and oxygen atoms in total. The highest BCUT2D eigenvalue weighted by Gasteiger charge is 2.29. The Morgan fingerprint density at radius 1 is 1.04 bits per heavy atom. The number of benzene rings is 1. The van der Waals surface area contributed by atoms with Crippen molar-refractivity contribution < 1.29 is 18.0 Å². The second-order valence-electron chi connectivity index (χ2n) is 6.36. The quantitative estimate of drug-likeness (QED) is 0.187. The molecule has 0 unspecified atom stereocenters. The lowest BCUT2D eigenvalue weighted by Crippen LogP contribution is -2.08. The lowest BCUT2D eigenvalue weighted by molar-refractivity contribution is -0.122. The van der Waals surface area contributed by atoms with Crippen molar-refractivity contribution in [1.29, 1.82) is 0 Å². The molecule has 144 valence electrons. The van der Waals surface area contributed by atoms with Crippen molar-refractivity contribution in [2.45, 2.75) is 51.6 Å². The molecule has 1 aromatic carbocycles. The molecule has 0 radical (unpaired) electrons. The summed E-state index contributed by atoms with van der Waals surface area (Å²) in [6.45, 7) is 2.09. The first-order chi connectivity index (χ1) is 12.9. The molecule has 0 saturated carbocycles. The Kier molecular flexibility index (Phi) is 8.08. The molecule has 0 spiro atoms. The van der Waals surface area contributed by atoms with Gasteiger partial charge in [0.15, 0.2) is 0 Å². The molecule has 0 bridgehead atoms. The zero-order valence-corrected chi connectivity index (χ0v) is 16.1. The lowest BCUT2D eigenvalue weighted by Gasteiger charge is -2.10. The average molecular weight is 392 g/mol. The number of ketones is 1. The topological polar surface area (TPSA) is 17.1 Å². The summed E-state index contributed by atoms with van der Waals surface area (Å²) in [5.41, 5.74) is 3.65. The minimum absolute atomic E-state index is 0.0125. The third kappa shape index (κ3) is 7.20. The van der Waals surface area contributed by atoms with E-state index < -0.39 is 12.6 Å². The van der Waals surface area contributed by atoms with Gasteiger partial charge in [-0.25, -0.2) is 0 Å². The summed E-state index contributed by atoms with van der Waals surface area (Å²) >= 11 is 1.30. The van der Waals surface area contributed by atoms with Crippen LogP contribution in [-0.4, -0.2) is 12.0 Å². The van der Waals surface area contributed by atoms with E-state index in [1.807, 2.05) is 0 Å². The summed E-state index contributed by atoms with van der Waals surface area (Å²) in [5, 5.41) is 1.79. The second-order valence-corrected chi connectivity index (χ2v) is 7.30. The van der Waals surface area contributed by atoms with Crippen molar-refractivity contribution in [2.75, 3.05) is 0 Å². The number of unbranched alkanes of at least 4 members (excludes halogenated alkanes) is 3. The zero-order valence-electron chi connectivity index (χ0n) is 15.3. The van der Waals surface area contributed by atoms with E-state index in [4.69, 9.17) is 0 Å². The largest absolute Gasteiger partial charge is 0.393 e. The van der Waals surface area contributed by atoms with Gasteiger partial charge in [-0.05, 0) is 29.9 Å². The van der Waals surface area contributed by atoms with Crippen LogP contribution >= 0.6 is 11.3 Å². The highest BCUT2D eigenvalue weighted by atomic mass is 32.1. The van der Waals surface area contributed by atoms with Gasteiger partial charge in [-0.3, -0.25) is 4.79 Å². The van der Waals surface area contributed by atoms with Crippen molar-refractivity contribution in [3.8, 4) is 0 Å². The molecule has 1 aromatic heterocycles. The molecule has 0 saturated heterocycles. The maximum absolute atomic E-state index is 13.1. The molecule has 0 atom stereocenters. The Bertz CT molecular complexity index is 783. The maximum atomic E-state index is 13.1. The van der Waals surface area contributed by atoms with Crippen molar-refractivity contribution in [3.63, 3.8) is 0 Å². The van der Waals surface area contributed by atoms with Crippen LogP contribution in [0.2, 0.25) is 0 Å². The molecule has 0 N–H and O–H groups in total. The van der Waals surface area contributed by atoms with Gasteiger partial charge in [-0.1, -0.05) is 62.6 Å². The Labute approximate surface area is 162 Å². The third-order valence-electron chi connectivity index (χ3n) is 4.10. The van der Waals surface area contributed by atoms with Gasteiger partial charge in [0, 0.05) is 11.1 Å². The number of allylic oxidation sites excluding steroid dienone is 1. The first kappa shape index (κ1) is 21.2. The van der Waals surface area contributed by atoms with E-state index in [1.165, 1.54) is 11.3 Å². The monoisotopic (exact) mass is 392 g/mol. The molecule has 2 aromatic rings. The SMILES string of the molecule is CCCCCCC(=C=C(CC(F)(F)F)c1ccccc1)C(=O)c1cccs1. The summed E-state index contributed by atoms with van der Waals surface area (Å²) in [4.78, 5) is 13.4. The van der Waals surface area contributed by atoms with E-state index in [2.05, 4.69) is 12.7 Å². The molecule has 2 rings (SSSR count). The molecule has 0 fully saturated rings. The van der Waals surface area contributed by atoms with Gasteiger partial charge < -0.3 is 0 Å². The summed E-state index contributed by atoms with van der Waals surface area (Å²) in [6.07, 6.45) is -1.23. The Morgan fingerprint density at radius 2 is 1.78 bits per heavy atom. The van der Waals surface area contributed by atoms with Crippen LogP contribution in [-0.2, 0) is 0 Å². The Hall–Kier alpha value is -2.10. The zero-order chi connectivity index (χ0) is 19.7. The van der Waals surface area contributed by atoms with Gasteiger partial charge in [0.1, 0.15) is 0 Å². The number of thiophene rings is 1. The van der Waals surface area contributed by atoms with Crippen molar-refractivity contribution >= 4 is 22.7 Å². The molecular weight excluding hydrogens is 369 g/mol. The Morgan fingerprint density at radius 3 is 2.37 bits per heavy atom. The molecule has 0 aliphatic carbocycles. The highest BCUT2D eigenvalue weighted by molar-refractivity contribution is 7.12. The fraction of sp³-hybridized carbons (Fsp3) is 0.364. The van der Waals surface area contributed by atoms with Crippen LogP contribution in [0.25, 0.3) is 5.57 Å². The molecule has 1 heterocycles. The van der Waals surface area contributed by atoms with Crippen LogP contribution in [0.3, 0.4) is 0 Å². The average Bonchev–Trinajstić information content (AvgIpc) is 3.17. The van der Waals surface area contributed by atoms with Gasteiger partial charge in [0.05, 0.1) is 11.3 Å². The van der Waals surface area contributed by atoms with Crippen molar-refractivity contribution in [3.05, 3.63) is 69.6 Å². The van der Waals surface area contributed by atoms with E-state index in [-0.39, 0.29) is 11.4 Å². The standard InChI is InChI=1S/C22H23F3OS/c1-2-3-4-6-12-18(21(26)20-13-9-14-27-20)15-19(16-22(23,24)25)17-10-7-5-8-11-17/h5,7-11,13-14H,2-4,6,12,16H2,1H3. The normalized spacial score (nSPS) is 11.1.